The predicted octanol–water partition coefficient (Wildman–Crippen LogP) is 3.41. The maximum Gasteiger partial charge on any atom is 0.139 e. The van der Waals surface area contributed by atoms with Gasteiger partial charge in [0.1, 0.15) is 5.78 Å². The van der Waals surface area contributed by atoms with Gasteiger partial charge in [-0.05, 0) is 37.8 Å². The molecule has 1 aliphatic heterocycles. The van der Waals surface area contributed by atoms with Crippen molar-refractivity contribution < 1.29 is 4.79 Å². The lowest BCUT2D eigenvalue weighted by molar-refractivity contribution is -0.131. The second-order valence-electron chi connectivity index (χ2n) is 6.07. The topological polar surface area (TPSA) is 29.1 Å². The third-order valence-electron chi connectivity index (χ3n) is 4.66. The lowest BCUT2D eigenvalue weighted by Gasteiger charge is -2.36. The monoisotopic (exact) mass is 239 g/mol. The second kappa shape index (κ2) is 6.53. The number of ketones is 1. The summed E-state index contributed by atoms with van der Waals surface area (Å²) in [4.78, 5) is 12.5. The molecule has 0 aromatic carbocycles. The fraction of sp³-hybridized carbons (Fsp3) is 0.933. The molecule has 1 fully saturated rings. The van der Waals surface area contributed by atoms with E-state index in [4.69, 9.17) is 0 Å². The summed E-state index contributed by atoms with van der Waals surface area (Å²) in [6, 6.07) is 0. The number of Topliss-reactive ketones (excluding diaryl/α,β-unsaturated/α-hetero) is 1. The first-order valence-electron chi connectivity index (χ1n) is 7.26. The Morgan fingerprint density at radius 3 is 2.47 bits per heavy atom. The molecule has 1 rings (SSSR count). The van der Waals surface area contributed by atoms with E-state index in [2.05, 4.69) is 33.0 Å². The van der Waals surface area contributed by atoms with Crippen molar-refractivity contribution in [2.45, 2.75) is 59.8 Å². The van der Waals surface area contributed by atoms with E-state index in [1.165, 1.54) is 12.8 Å². The Hall–Kier alpha value is -0.370. The lowest BCUT2D eigenvalue weighted by atomic mass is 9.70. The van der Waals surface area contributed by atoms with Crippen molar-refractivity contribution in [3.8, 4) is 0 Å². The van der Waals surface area contributed by atoms with Crippen LogP contribution in [0.15, 0.2) is 0 Å². The molecule has 0 spiro atoms. The molecule has 0 radical (unpaired) electrons. The van der Waals surface area contributed by atoms with Crippen LogP contribution in [0, 0.1) is 17.3 Å². The Balaban J connectivity index is 2.58. The Morgan fingerprint density at radius 1 is 1.35 bits per heavy atom. The molecule has 0 saturated carbocycles. The largest absolute Gasteiger partial charge is 0.316 e. The van der Waals surface area contributed by atoms with Crippen LogP contribution < -0.4 is 5.32 Å². The van der Waals surface area contributed by atoms with Crippen LogP contribution >= 0.6 is 0 Å². The number of carbonyl (C=O) groups is 1. The fourth-order valence-corrected chi connectivity index (χ4v) is 2.80. The van der Waals surface area contributed by atoms with Crippen molar-refractivity contribution in [1.82, 2.24) is 5.32 Å². The summed E-state index contributed by atoms with van der Waals surface area (Å²) >= 11 is 0. The minimum absolute atomic E-state index is 0.143. The summed E-state index contributed by atoms with van der Waals surface area (Å²) < 4.78 is 0. The first-order valence-corrected chi connectivity index (χ1v) is 7.26. The molecule has 1 saturated heterocycles. The highest BCUT2D eigenvalue weighted by molar-refractivity contribution is 5.84. The molecule has 0 aromatic rings. The summed E-state index contributed by atoms with van der Waals surface area (Å²) in [6.07, 6.45) is 5.44. The molecule has 1 heterocycles. The van der Waals surface area contributed by atoms with Crippen molar-refractivity contribution in [3.63, 3.8) is 0 Å². The van der Waals surface area contributed by atoms with E-state index in [-0.39, 0.29) is 5.41 Å². The quantitative estimate of drug-likeness (QED) is 0.769. The Kier molecular flexibility index (Phi) is 5.64. The molecule has 0 aliphatic carbocycles. The van der Waals surface area contributed by atoms with Crippen LogP contribution in [0.5, 0.6) is 0 Å². The second-order valence-corrected chi connectivity index (χ2v) is 6.07. The van der Waals surface area contributed by atoms with Crippen LogP contribution in [0.1, 0.15) is 59.8 Å². The van der Waals surface area contributed by atoms with Crippen LogP contribution in [0.25, 0.3) is 0 Å². The van der Waals surface area contributed by atoms with Crippen molar-refractivity contribution in [3.05, 3.63) is 0 Å². The average molecular weight is 239 g/mol. The molecule has 1 atom stereocenters. The molecule has 2 heteroatoms. The third-order valence-corrected chi connectivity index (χ3v) is 4.66. The van der Waals surface area contributed by atoms with Gasteiger partial charge in [0.15, 0.2) is 0 Å². The number of carbonyl (C=O) groups excluding carboxylic acids is 1. The number of piperidine rings is 1. The van der Waals surface area contributed by atoms with E-state index in [0.717, 1.165) is 32.4 Å². The lowest BCUT2D eigenvalue weighted by Crippen LogP contribution is -2.43. The van der Waals surface area contributed by atoms with Gasteiger partial charge in [0.25, 0.3) is 0 Å². The van der Waals surface area contributed by atoms with E-state index < -0.39 is 0 Å². The van der Waals surface area contributed by atoms with Crippen LogP contribution in [-0.2, 0) is 4.79 Å². The molecule has 2 nitrogen and oxygen atoms in total. The van der Waals surface area contributed by atoms with E-state index in [9.17, 15) is 4.79 Å². The Labute approximate surface area is 107 Å². The van der Waals surface area contributed by atoms with E-state index in [0.29, 0.717) is 17.6 Å². The zero-order valence-electron chi connectivity index (χ0n) is 12.0. The predicted molar refractivity (Wildman–Crippen MR) is 73.1 cm³/mol. The Bertz CT molecular complexity index is 237. The fourth-order valence-electron chi connectivity index (χ4n) is 2.80. The molecular formula is C15H29NO. The standard InChI is InChI=1S/C15H29NO/c1-5-12(6-2)10-14(17)15(3,4)13-8-7-9-16-11-13/h12-13,16H,5-11H2,1-4H3. The molecule has 17 heavy (non-hydrogen) atoms. The summed E-state index contributed by atoms with van der Waals surface area (Å²) in [5, 5.41) is 3.42. The summed E-state index contributed by atoms with van der Waals surface area (Å²) in [5.41, 5.74) is -0.143. The van der Waals surface area contributed by atoms with Crippen molar-refractivity contribution >= 4 is 5.78 Å². The highest BCUT2D eigenvalue weighted by atomic mass is 16.1. The molecule has 1 aliphatic rings. The first-order chi connectivity index (χ1) is 8.02. The van der Waals surface area contributed by atoms with Gasteiger partial charge in [-0.1, -0.05) is 40.5 Å². The van der Waals surface area contributed by atoms with Crippen LogP contribution in [-0.4, -0.2) is 18.9 Å². The number of rotatable bonds is 6. The van der Waals surface area contributed by atoms with Crippen molar-refractivity contribution in [2.24, 2.45) is 17.3 Å². The number of hydrogen-bond donors (Lipinski definition) is 1. The zero-order chi connectivity index (χ0) is 12.9. The smallest absolute Gasteiger partial charge is 0.139 e. The molecule has 0 bridgehead atoms. The normalized spacial score (nSPS) is 21.8. The van der Waals surface area contributed by atoms with Crippen LogP contribution in [0.4, 0.5) is 0 Å². The SMILES string of the molecule is CCC(CC)CC(=O)C(C)(C)C1CCCNC1. The van der Waals surface area contributed by atoms with E-state index >= 15 is 0 Å². The van der Waals surface area contributed by atoms with Gasteiger partial charge in [0, 0.05) is 11.8 Å². The maximum atomic E-state index is 12.5. The summed E-state index contributed by atoms with van der Waals surface area (Å²) in [7, 11) is 0. The average Bonchev–Trinajstić information content (AvgIpc) is 2.36. The van der Waals surface area contributed by atoms with E-state index in [1.54, 1.807) is 0 Å². The number of nitrogens with one attached hydrogen (secondary N) is 1. The number of hydrogen-bond acceptors (Lipinski definition) is 2. The molecule has 0 amide bonds. The van der Waals surface area contributed by atoms with Gasteiger partial charge in [-0.15, -0.1) is 0 Å². The third kappa shape index (κ3) is 3.80. The molecule has 1 N–H and O–H groups in total. The van der Waals surface area contributed by atoms with Gasteiger partial charge in [-0.3, -0.25) is 4.79 Å². The van der Waals surface area contributed by atoms with Crippen LogP contribution in [0.3, 0.4) is 0 Å². The highest BCUT2D eigenvalue weighted by Crippen LogP contribution is 2.35. The van der Waals surface area contributed by atoms with Crippen LogP contribution in [0.2, 0.25) is 0 Å². The molecule has 0 aromatic heterocycles. The zero-order valence-corrected chi connectivity index (χ0v) is 12.0. The molecule has 1 unspecified atom stereocenters. The molecule has 100 valence electrons. The van der Waals surface area contributed by atoms with Gasteiger partial charge in [-0.2, -0.15) is 0 Å². The molecular weight excluding hydrogens is 210 g/mol. The van der Waals surface area contributed by atoms with Gasteiger partial charge < -0.3 is 5.32 Å². The maximum absolute atomic E-state index is 12.5. The van der Waals surface area contributed by atoms with Gasteiger partial charge in [0.2, 0.25) is 0 Å². The minimum atomic E-state index is -0.143. The van der Waals surface area contributed by atoms with Crippen molar-refractivity contribution in [1.29, 1.82) is 0 Å². The Morgan fingerprint density at radius 2 is 2.00 bits per heavy atom. The van der Waals surface area contributed by atoms with Crippen molar-refractivity contribution in [2.75, 3.05) is 13.1 Å². The van der Waals surface area contributed by atoms with Gasteiger partial charge in [0.05, 0.1) is 0 Å². The highest BCUT2D eigenvalue weighted by Gasteiger charge is 2.37. The van der Waals surface area contributed by atoms with Gasteiger partial charge >= 0.3 is 0 Å². The summed E-state index contributed by atoms with van der Waals surface area (Å²) in [6.45, 7) is 10.8. The minimum Gasteiger partial charge on any atom is -0.316 e. The van der Waals surface area contributed by atoms with Gasteiger partial charge in [-0.25, -0.2) is 0 Å². The summed E-state index contributed by atoms with van der Waals surface area (Å²) in [5.74, 6) is 1.58. The first kappa shape index (κ1) is 14.7. The van der Waals surface area contributed by atoms with E-state index in [1.807, 2.05) is 0 Å².